The molecular formula is C26H22N8O2. The van der Waals surface area contributed by atoms with Gasteiger partial charge in [0, 0.05) is 6.20 Å². The van der Waals surface area contributed by atoms with E-state index < -0.39 is 6.04 Å². The van der Waals surface area contributed by atoms with Gasteiger partial charge >= 0.3 is 0 Å². The smallest absolute Gasteiger partial charge is 0.282 e. The van der Waals surface area contributed by atoms with E-state index >= 15 is 0 Å². The van der Waals surface area contributed by atoms with Crippen molar-refractivity contribution in [2.45, 2.75) is 19.4 Å². The molecule has 3 heterocycles. The molecule has 0 amide bonds. The Kier molecular flexibility index (Phi) is 5.80. The quantitative estimate of drug-likeness (QED) is 0.337. The van der Waals surface area contributed by atoms with Crippen LogP contribution in [0.25, 0.3) is 11.2 Å². The molecule has 10 nitrogen and oxygen atoms in total. The Bertz CT molecular complexity index is 1670. The van der Waals surface area contributed by atoms with Gasteiger partial charge in [0.1, 0.15) is 40.9 Å². The molecule has 0 aliphatic carbocycles. The summed E-state index contributed by atoms with van der Waals surface area (Å²) in [6, 6.07) is 19.5. The zero-order chi connectivity index (χ0) is 25.2. The molecule has 178 valence electrons. The summed E-state index contributed by atoms with van der Waals surface area (Å²) in [5, 5.41) is 27.3. The number of aromatic nitrogens is 5. The fourth-order valence-electron chi connectivity index (χ4n) is 4.17. The Morgan fingerprint density at radius 1 is 1.14 bits per heavy atom. The minimum Gasteiger partial charge on any atom is -0.508 e. The first-order valence-electron chi connectivity index (χ1n) is 11.2. The molecule has 0 saturated heterocycles. The maximum atomic E-state index is 13.9. The third-order valence-corrected chi connectivity index (χ3v) is 5.84. The number of rotatable bonds is 6. The summed E-state index contributed by atoms with van der Waals surface area (Å²) in [7, 11) is 0. The molecule has 0 aliphatic heterocycles. The standard InChI is InChI=1S/C26H22N8O2/c1-16(31-24-21(14-27)23(28)29-15-30-24)25-32-33-11-10-18(12-17-6-5-9-20(35)13-17)22(33)26(36)34(25)19-7-3-2-4-8-19/h2-11,13,15-16,35H,12H2,1H3,(H3,28,29,30,31)/t16-/m0/s1. The molecule has 10 heteroatoms. The van der Waals surface area contributed by atoms with Crippen molar-refractivity contribution in [3.05, 3.63) is 106 Å². The Morgan fingerprint density at radius 2 is 1.94 bits per heavy atom. The van der Waals surface area contributed by atoms with Crippen LogP contribution in [0.15, 0.2) is 78.0 Å². The molecule has 0 aliphatic rings. The summed E-state index contributed by atoms with van der Waals surface area (Å²) >= 11 is 0. The highest BCUT2D eigenvalue weighted by molar-refractivity contribution is 5.62. The van der Waals surface area contributed by atoms with Crippen LogP contribution < -0.4 is 16.6 Å². The molecule has 5 rings (SSSR count). The van der Waals surface area contributed by atoms with Crippen LogP contribution in [0.1, 0.15) is 35.5 Å². The summed E-state index contributed by atoms with van der Waals surface area (Å²) in [5.74, 6) is 0.899. The van der Waals surface area contributed by atoms with E-state index in [1.54, 1.807) is 33.5 Å². The molecule has 5 aromatic rings. The summed E-state index contributed by atoms with van der Waals surface area (Å²) in [5.41, 5.74) is 8.44. The summed E-state index contributed by atoms with van der Waals surface area (Å²) in [4.78, 5) is 22.0. The maximum Gasteiger partial charge on any atom is 0.282 e. The molecule has 3 aromatic heterocycles. The van der Waals surface area contributed by atoms with E-state index in [-0.39, 0.29) is 28.5 Å². The Hall–Kier alpha value is -5.17. The predicted octanol–water partition coefficient (Wildman–Crippen LogP) is 3.20. The Balaban J connectivity index is 1.65. The number of nitriles is 1. The fraction of sp³-hybridized carbons (Fsp3) is 0.115. The molecule has 1 atom stereocenters. The number of nitrogen functional groups attached to an aromatic ring is 1. The van der Waals surface area contributed by atoms with E-state index in [9.17, 15) is 15.2 Å². The molecule has 0 bridgehead atoms. The Morgan fingerprint density at radius 3 is 2.69 bits per heavy atom. The van der Waals surface area contributed by atoms with Gasteiger partial charge in [-0.3, -0.25) is 9.36 Å². The van der Waals surface area contributed by atoms with Crippen LogP contribution in [0.4, 0.5) is 11.6 Å². The molecule has 0 unspecified atom stereocenters. The minimum atomic E-state index is -0.527. The van der Waals surface area contributed by atoms with E-state index in [2.05, 4.69) is 15.3 Å². The zero-order valence-corrected chi connectivity index (χ0v) is 19.3. The summed E-state index contributed by atoms with van der Waals surface area (Å²) in [6.45, 7) is 1.82. The number of nitrogens with zero attached hydrogens (tertiary/aromatic N) is 6. The van der Waals surface area contributed by atoms with Crippen molar-refractivity contribution in [2.24, 2.45) is 0 Å². The lowest BCUT2D eigenvalue weighted by molar-refractivity contribution is 0.474. The molecule has 0 fully saturated rings. The van der Waals surface area contributed by atoms with Crippen molar-refractivity contribution in [2.75, 3.05) is 11.1 Å². The maximum absolute atomic E-state index is 13.9. The fourth-order valence-corrected chi connectivity index (χ4v) is 4.17. The molecule has 4 N–H and O–H groups in total. The van der Waals surface area contributed by atoms with E-state index in [0.29, 0.717) is 23.4 Å². The van der Waals surface area contributed by atoms with Crippen LogP contribution in [0, 0.1) is 11.3 Å². The average Bonchev–Trinajstić information content (AvgIpc) is 3.27. The third kappa shape index (κ3) is 4.10. The van der Waals surface area contributed by atoms with Gasteiger partial charge in [0.05, 0.1) is 11.7 Å². The van der Waals surface area contributed by atoms with Gasteiger partial charge in [0.15, 0.2) is 5.82 Å². The first kappa shape index (κ1) is 22.6. The normalized spacial score (nSPS) is 11.8. The van der Waals surface area contributed by atoms with Crippen molar-refractivity contribution in [1.29, 1.82) is 5.26 Å². The number of benzene rings is 2. The highest BCUT2D eigenvalue weighted by atomic mass is 16.3. The second kappa shape index (κ2) is 9.23. The van der Waals surface area contributed by atoms with Crippen molar-refractivity contribution in [3.8, 4) is 17.5 Å². The first-order valence-corrected chi connectivity index (χ1v) is 11.2. The highest BCUT2D eigenvalue weighted by Gasteiger charge is 2.22. The summed E-state index contributed by atoms with van der Waals surface area (Å²) in [6.07, 6.45) is 3.46. The lowest BCUT2D eigenvalue weighted by atomic mass is 10.1. The van der Waals surface area contributed by atoms with E-state index in [1.807, 2.05) is 55.5 Å². The minimum absolute atomic E-state index is 0.0630. The SMILES string of the molecule is C[C@H](Nc1ncnc(N)c1C#N)c1nn2ccc(Cc3cccc(O)c3)c2c(=O)n1-c1ccccc1. The number of para-hydroxylation sites is 1. The molecule has 0 radical (unpaired) electrons. The topological polar surface area (TPSA) is 147 Å². The van der Waals surface area contributed by atoms with Gasteiger partial charge in [-0.15, -0.1) is 0 Å². The van der Waals surface area contributed by atoms with Gasteiger partial charge in [-0.25, -0.2) is 14.5 Å². The van der Waals surface area contributed by atoms with Crippen molar-refractivity contribution in [3.63, 3.8) is 0 Å². The van der Waals surface area contributed by atoms with E-state index in [4.69, 9.17) is 10.8 Å². The van der Waals surface area contributed by atoms with Gasteiger partial charge in [-0.1, -0.05) is 30.3 Å². The average molecular weight is 479 g/mol. The second-order valence-corrected chi connectivity index (χ2v) is 8.28. The molecule has 36 heavy (non-hydrogen) atoms. The second-order valence-electron chi connectivity index (χ2n) is 8.28. The lowest BCUT2D eigenvalue weighted by Gasteiger charge is -2.20. The molecular weight excluding hydrogens is 456 g/mol. The number of anilines is 2. The monoisotopic (exact) mass is 478 g/mol. The highest BCUT2D eigenvalue weighted by Crippen LogP contribution is 2.24. The van der Waals surface area contributed by atoms with Gasteiger partial charge in [-0.05, 0) is 54.8 Å². The number of nitrogens with one attached hydrogen (secondary N) is 1. The first-order chi connectivity index (χ1) is 17.5. The van der Waals surface area contributed by atoms with Gasteiger partial charge in [-0.2, -0.15) is 10.4 Å². The van der Waals surface area contributed by atoms with Crippen molar-refractivity contribution in [1.82, 2.24) is 24.1 Å². The number of hydrogen-bond donors (Lipinski definition) is 3. The van der Waals surface area contributed by atoms with Crippen LogP contribution >= 0.6 is 0 Å². The lowest BCUT2D eigenvalue weighted by Crippen LogP contribution is -2.30. The van der Waals surface area contributed by atoms with Crippen LogP contribution in [0.2, 0.25) is 0 Å². The number of hydrogen-bond acceptors (Lipinski definition) is 8. The van der Waals surface area contributed by atoms with Gasteiger partial charge < -0.3 is 16.2 Å². The third-order valence-electron chi connectivity index (χ3n) is 5.84. The molecule has 0 saturated carbocycles. The zero-order valence-electron chi connectivity index (χ0n) is 19.3. The van der Waals surface area contributed by atoms with Crippen LogP contribution in [0.5, 0.6) is 5.75 Å². The Labute approximate surface area is 205 Å². The number of aromatic hydroxyl groups is 1. The van der Waals surface area contributed by atoms with Gasteiger partial charge in [0.2, 0.25) is 0 Å². The molecule has 0 spiro atoms. The summed E-state index contributed by atoms with van der Waals surface area (Å²) < 4.78 is 3.11. The van der Waals surface area contributed by atoms with Crippen molar-refractivity contribution >= 4 is 17.2 Å². The van der Waals surface area contributed by atoms with E-state index in [1.165, 1.54) is 6.33 Å². The predicted molar refractivity (Wildman–Crippen MR) is 135 cm³/mol. The van der Waals surface area contributed by atoms with Crippen molar-refractivity contribution < 1.29 is 5.11 Å². The van der Waals surface area contributed by atoms with Crippen LogP contribution in [-0.2, 0) is 6.42 Å². The van der Waals surface area contributed by atoms with E-state index in [0.717, 1.165) is 11.1 Å². The number of phenolic OH excluding ortho intramolecular Hbond substituents is 1. The molecule has 2 aromatic carbocycles. The van der Waals surface area contributed by atoms with Gasteiger partial charge in [0.25, 0.3) is 5.56 Å². The largest absolute Gasteiger partial charge is 0.508 e. The number of phenols is 1. The van der Waals surface area contributed by atoms with Crippen LogP contribution in [0.3, 0.4) is 0 Å². The van der Waals surface area contributed by atoms with Crippen LogP contribution in [-0.4, -0.2) is 29.3 Å². The number of fused-ring (bicyclic) bond motifs is 1. The number of nitrogens with two attached hydrogens (primary N) is 1.